The topological polar surface area (TPSA) is 120 Å². The first-order valence-corrected chi connectivity index (χ1v) is 12.3. The summed E-state index contributed by atoms with van der Waals surface area (Å²) in [5.74, 6) is 0. The van der Waals surface area contributed by atoms with Crippen molar-refractivity contribution >= 4 is 32.1 Å². The van der Waals surface area contributed by atoms with Gasteiger partial charge in [0, 0.05) is 37.8 Å². The number of nitrogens with one attached hydrogen (secondary N) is 2. The normalized spacial score (nSPS) is 25.2. The highest BCUT2D eigenvalue weighted by molar-refractivity contribution is 7.95. The van der Waals surface area contributed by atoms with Gasteiger partial charge in [-0.3, -0.25) is 0 Å². The van der Waals surface area contributed by atoms with Crippen LogP contribution < -0.4 is 9.44 Å². The van der Waals surface area contributed by atoms with Gasteiger partial charge in [-0.05, 0) is 32.6 Å². The zero-order valence-corrected chi connectivity index (χ0v) is 17.2. The van der Waals surface area contributed by atoms with Gasteiger partial charge >= 0.3 is 0 Å². The first-order valence-electron chi connectivity index (χ1n) is 8.09. The molecule has 1 fully saturated rings. The van der Waals surface area contributed by atoms with Crippen LogP contribution in [0.1, 0.15) is 32.6 Å². The molecule has 0 radical (unpaired) electrons. The van der Waals surface area contributed by atoms with Crippen molar-refractivity contribution in [1.29, 1.82) is 0 Å². The molecule has 1 saturated carbocycles. The standard InChI is InChI=1S/C13H28N2O7S3/c1-4-21-9-5-8-14-25(18,19)11-6-7-12(15-24(3,16)17)13(10-11)23-22-20-2/h11-15H,4-10H2,1-3H3. The minimum atomic E-state index is -3.49. The minimum absolute atomic E-state index is 0.266. The summed E-state index contributed by atoms with van der Waals surface area (Å²) in [6.45, 7) is 3.30. The number of rotatable bonds is 12. The van der Waals surface area contributed by atoms with Crippen LogP contribution in [0.25, 0.3) is 0 Å². The highest BCUT2D eigenvalue weighted by atomic mass is 32.2. The van der Waals surface area contributed by atoms with Gasteiger partial charge in [-0.1, -0.05) is 0 Å². The average molecular weight is 421 g/mol. The van der Waals surface area contributed by atoms with E-state index in [0.29, 0.717) is 39.0 Å². The molecule has 1 rings (SSSR count). The van der Waals surface area contributed by atoms with Gasteiger partial charge in [-0.25, -0.2) is 31.2 Å². The van der Waals surface area contributed by atoms with Crippen molar-refractivity contribution in [2.45, 2.75) is 49.1 Å². The van der Waals surface area contributed by atoms with Crippen LogP contribution >= 0.6 is 12.0 Å². The lowest BCUT2D eigenvalue weighted by molar-refractivity contribution is -0.161. The first kappa shape index (κ1) is 23.1. The number of hydrogen-bond acceptors (Lipinski definition) is 8. The molecule has 25 heavy (non-hydrogen) atoms. The molecule has 0 spiro atoms. The largest absolute Gasteiger partial charge is 0.382 e. The van der Waals surface area contributed by atoms with Crippen LogP contribution in [0.5, 0.6) is 0 Å². The summed E-state index contributed by atoms with van der Waals surface area (Å²) >= 11 is 0.940. The average Bonchev–Trinajstić information content (AvgIpc) is 2.52. The number of hydrogen-bond donors (Lipinski definition) is 2. The summed E-state index contributed by atoms with van der Waals surface area (Å²) in [6, 6.07) is -0.403. The second-order valence-corrected chi connectivity index (χ2v) is 10.6. The Bertz CT molecular complexity index is 582. The molecule has 0 aromatic heterocycles. The fourth-order valence-electron chi connectivity index (χ4n) is 2.63. The van der Waals surface area contributed by atoms with Gasteiger partial charge in [-0.2, -0.15) is 4.33 Å². The second-order valence-electron chi connectivity index (χ2n) is 5.79. The van der Waals surface area contributed by atoms with E-state index >= 15 is 0 Å². The molecule has 0 saturated heterocycles. The smallest absolute Gasteiger partial charge is 0.214 e. The van der Waals surface area contributed by atoms with Crippen LogP contribution in [0.2, 0.25) is 0 Å². The molecule has 0 amide bonds. The van der Waals surface area contributed by atoms with Gasteiger partial charge in [0.15, 0.2) is 0 Å². The molecule has 2 N–H and O–H groups in total. The van der Waals surface area contributed by atoms with E-state index in [0.717, 1.165) is 18.3 Å². The fourth-order valence-corrected chi connectivity index (χ4v) is 6.07. The second kappa shape index (κ2) is 11.0. The quantitative estimate of drug-likeness (QED) is 0.201. The Morgan fingerprint density at radius 3 is 2.52 bits per heavy atom. The zero-order valence-electron chi connectivity index (χ0n) is 14.8. The van der Waals surface area contributed by atoms with Gasteiger partial charge in [0.05, 0.1) is 23.9 Å². The van der Waals surface area contributed by atoms with Gasteiger partial charge in [0.1, 0.15) is 0 Å². The fraction of sp³-hybridized carbons (Fsp3) is 1.00. The lowest BCUT2D eigenvalue weighted by Gasteiger charge is -2.34. The predicted molar refractivity (Wildman–Crippen MR) is 96.9 cm³/mol. The molecule has 0 aliphatic heterocycles. The SMILES string of the molecule is CCOCCCNS(=O)(=O)C1CCC(NS(C)(=O)=O)C(SOOC)C1. The summed E-state index contributed by atoms with van der Waals surface area (Å²) in [7, 11) is -5.55. The Kier molecular flexibility index (Phi) is 10.2. The number of sulfonamides is 2. The van der Waals surface area contributed by atoms with Crippen molar-refractivity contribution in [3.63, 3.8) is 0 Å². The molecule has 0 aromatic rings. The highest BCUT2D eigenvalue weighted by Gasteiger charge is 2.39. The molecule has 12 heteroatoms. The molecule has 0 bridgehead atoms. The van der Waals surface area contributed by atoms with Gasteiger partial charge in [-0.15, -0.1) is 0 Å². The predicted octanol–water partition coefficient (Wildman–Crippen LogP) is 0.398. The van der Waals surface area contributed by atoms with E-state index in [-0.39, 0.29) is 11.7 Å². The summed E-state index contributed by atoms with van der Waals surface area (Å²) in [4.78, 5) is 4.55. The van der Waals surface area contributed by atoms with Crippen LogP contribution in [0.4, 0.5) is 0 Å². The van der Waals surface area contributed by atoms with Crippen LogP contribution in [-0.2, 0) is 34.0 Å². The summed E-state index contributed by atoms with van der Waals surface area (Å²) in [5, 5.41) is -0.969. The highest BCUT2D eigenvalue weighted by Crippen LogP contribution is 2.33. The summed E-state index contributed by atoms with van der Waals surface area (Å²) in [5.41, 5.74) is 0. The maximum absolute atomic E-state index is 12.5. The van der Waals surface area contributed by atoms with Crippen molar-refractivity contribution in [2.24, 2.45) is 0 Å². The Morgan fingerprint density at radius 2 is 1.92 bits per heavy atom. The molecule has 3 unspecified atom stereocenters. The van der Waals surface area contributed by atoms with Gasteiger partial charge in [0.2, 0.25) is 20.0 Å². The maximum Gasteiger partial charge on any atom is 0.214 e. The van der Waals surface area contributed by atoms with Gasteiger partial charge in [0.25, 0.3) is 0 Å². The molecule has 9 nitrogen and oxygen atoms in total. The van der Waals surface area contributed by atoms with E-state index in [1.165, 1.54) is 7.11 Å². The summed E-state index contributed by atoms with van der Waals surface area (Å²) < 4.78 is 63.1. The third kappa shape index (κ3) is 9.00. The summed E-state index contributed by atoms with van der Waals surface area (Å²) in [6.07, 6.45) is 2.72. The molecule has 0 heterocycles. The Labute approximate surface area is 154 Å². The molecule has 150 valence electrons. The molecule has 0 aromatic carbocycles. The van der Waals surface area contributed by atoms with E-state index in [1.807, 2.05) is 6.92 Å². The van der Waals surface area contributed by atoms with Crippen LogP contribution in [-0.4, -0.2) is 66.5 Å². The van der Waals surface area contributed by atoms with Crippen LogP contribution in [0, 0.1) is 0 Å². The first-order chi connectivity index (χ1) is 11.7. The lowest BCUT2D eigenvalue weighted by atomic mass is 9.95. The molecular weight excluding hydrogens is 392 g/mol. The van der Waals surface area contributed by atoms with E-state index in [2.05, 4.69) is 14.3 Å². The Balaban J connectivity index is 2.64. The Morgan fingerprint density at radius 1 is 1.20 bits per heavy atom. The minimum Gasteiger partial charge on any atom is -0.382 e. The van der Waals surface area contributed by atoms with E-state index in [4.69, 9.17) is 9.07 Å². The molecule has 1 aliphatic carbocycles. The monoisotopic (exact) mass is 420 g/mol. The third-order valence-electron chi connectivity index (χ3n) is 3.75. The van der Waals surface area contributed by atoms with E-state index < -0.39 is 31.3 Å². The zero-order chi connectivity index (χ0) is 18.9. The number of ether oxygens (including phenoxy) is 1. The molecule has 3 atom stereocenters. The lowest BCUT2D eigenvalue weighted by Crippen LogP contribution is -2.49. The van der Waals surface area contributed by atoms with Crippen LogP contribution in [0.15, 0.2) is 0 Å². The van der Waals surface area contributed by atoms with Crippen LogP contribution in [0.3, 0.4) is 0 Å². The Hall–Kier alpha value is 0.0500. The van der Waals surface area contributed by atoms with Crippen molar-refractivity contribution in [2.75, 3.05) is 33.1 Å². The van der Waals surface area contributed by atoms with Crippen molar-refractivity contribution in [3.05, 3.63) is 0 Å². The van der Waals surface area contributed by atoms with Crippen molar-refractivity contribution < 1.29 is 30.8 Å². The van der Waals surface area contributed by atoms with Gasteiger partial charge < -0.3 is 4.74 Å². The maximum atomic E-state index is 12.5. The third-order valence-corrected chi connectivity index (χ3v) is 7.38. The van der Waals surface area contributed by atoms with E-state index in [9.17, 15) is 16.8 Å². The van der Waals surface area contributed by atoms with E-state index in [1.54, 1.807) is 0 Å². The molecule has 1 aliphatic rings. The van der Waals surface area contributed by atoms with Crippen molar-refractivity contribution in [3.8, 4) is 0 Å². The molecular formula is C13H28N2O7S3. The van der Waals surface area contributed by atoms with Crippen molar-refractivity contribution in [1.82, 2.24) is 9.44 Å².